The first kappa shape index (κ1) is 13.9. The van der Waals surface area contributed by atoms with Crippen LogP contribution in [0.25, 0.3) is 0 Å². The summed E-state index contributed by atoms with van der Waals surface area (Å²) in [4.78, 5) is 11.7. The van der Waals surface area contributed by atoms with E-state index < -0.39 is 11.7 Å². The van der Waals surface area contributed by atoms with Crippen molar-refractivity contribution in [2.45, 2.75) is 38.4 Å². The second-order valence-corrected chi connectivity index (χ2v) is 5.07. The summed E-state index contributed by atoms with van der Waals surface area (Å²) in [6, 6.07) is 4.87. The van der Waals surface area contributed by atoms with Gasteiger partial charge in [0.2, 0.25) is 5.91 Å². The van der Waals surface area contributed by atoms with Crippen molar-refractivity contribution in [2.24, 2.45) is 5.92 Å². The molecule has 0 aromatic heterocycles. The molecule has 1 aromatic carbocycles. The number of hydrogen-bond acceptors (Lipinski definition) is 1. The number of rotatable bonds is 4. The molecule has 2 nitrogen and oxygen atoms in total. The third-order valence-electron chi connectivity index (χ3n) is 3.36. The molecule has 0 saturated heterocycles. The summed E-state index contributed by atoms with van der Waals surface area (Å²) in [5, 5.41) is 2.87. The SMILES string of the molecule is CC(NC(=O)Cc1ccc(C(F)(F)F)cc1)C1CC1. The van der Waals surface area contributed by atoms with Gasteiger partial charge in [-0.3, -0.25) is 4.79 Å². The molecule has 1 aromatic rings. The number of carbonyl (C=O) groups is 1. The molecule has 1 N–H and O–H groups in total. The minimum atomic E-state index is -4.33. The summed E-state index contributed by atoms with van der Waals surface area (Å²) < 4.78 is 37.1. The Morgan fingerprint density at radius 1 is 1.32 bits per heavy atom. The van der Waals surface area contributed by atoms with E-state index in [0.29, 0.717) is 11.5 Å². The Labute approximate surface area is 110 Å². The van der Waals surface area contributed by atoms with Gasteiger partial charge in [-0.25, -0.2) is 0 Å². The lowest BCUT2D eigenvalue weighted by atomic mass is 10.1. The lowest BCUT2D eigenvalue weighted by Crippen LogP contribution is -2.35. The lowest BCUT2D eigenvalue weighted by Gasteiger charge is -2.13. The number of nitrogens with one attached hydrogen (secondary N) is 1. The van der Waals surface area contributed by atoms with Crippen molar-refractivity contribution in [1.82, 2.24) is 5.32 Å². The fourth-order valence-electron chi connectivity index (χ4n) is 2.02. The number of carbonyl (C=O) groups excluding carboxylic acids is 1. The van der Waals surface area contributed by atoms with Gasteiger partial charge in [0, 0.05) is 6.04 Å². The summed E-state index contributed by atoms with van der Waals surface area (Å²) in [5.74, 6) is 0.427. The van der Waals surface area contributed by atoms with Crippen LogP contribution in [0.5, 0.6) is 0 Å². The van der Waals surface area contributed by atoms with Gasteiger partial charge in [0.05, 0.1) is 12.0 Å². The van der Waals surface area contributed by atoms with Crippen LogP contribution < -0.4 is 5.32 Å². The third kappa shape index (κ3) is 3.98. The highest BCUT2D eigenvalue weighted by molar-refractivity contribution is 5.78. The van der Waals surface area contributed by atoms with Crippen LogP contribution in [0.1, 0.15) is 30.9 Å². The predicted octanol–water partition coefficient (Wildman–Crippen LogP) is 3.16. The Bertz CT molecular complexity index is 449. The molecule has 0 bridgehead atoms. The molecule has 0 aliphatic heterocycles. The molecule has 0 heterocycles. The minimum absolute atomic E-state index is 0.120. The fraction of sp³-hybridized carbons (Fsp3) is 0.500. The summed E-state index contributed by atoms with van der Waals surface area (Å²) in [6.07, 6.45) is -1.93. The quantitative estimate of drug-likeness (QED) is 0.895. The van der Waals surface area contributed by atoms with Crippen molar-refractivity contribution in [1.29, 1.82) is 0 Å². The molecule has 1 atom stereocenters. The van der Waals surface area contributed by atoms with Crippen LogP contribution in [0.2, 0.25) is 0 Å². The first-order valence-electron chi connectivity index (χ1n) is 6.32. The zero-order chi connectivity index (χ0) is 14.0. The molecule has 1 aliphatic rings. The summed E-state index contributed by atoms with van der Waals surface area (Å²) in [6.45, 7) is 1.96. The highest BCUT2D eigenvalue weighted by Gasteiger charge is 2.30. The molecule has 1 saturated carbocycles. The average Bonchev–Trinajstić information content (AvgIpc) is 3.11. The normalized spacial score (nSPS) is 17.1. The molecule has 0 spiro atoms. The molecule has 104 valence electrons. The van der Waals surface area contributed by atoms with Crippen molar-refractivity contribution in [3.05, 3.63) is 35.4 Å². The molecule has 1 aliphatic carbocycles. The van der Waals surface area contributed by atoms with Crippen LogP contribution in [0, 0.1) is 5.92 Å². The lowest BCUT2D eigenvalue weighted by molar-refractivity contribution is -0.137. The maximum Gasteiger partial charge on any atom is 0.416 e. The topological polar surface area (TPSA) is 29.1 Å². The van der Waals surface area contributed by atoms with Gasteiger partial charge in [-0.1, -0.05) is 12.1 Å². The van der Waals surface area contributed by atoms with Crippen molar-refractivity contribution in [3.63, 3.8) is 0 Å². The van der Waals surface area contributed by atoms with Crippen LogP contribution in [-0.4, -0.2) is 11.9 Å². The summed E-state index contributed by atoms with van der Waals surface area (Å²) in [7, 11) is 0. The third-order valence-corrected chi connectivity index (χ3v) is 3.36. The molecule has 1 amide bonds. The Hall–Kier alpha value is -1.52. The molecule has 1 fully saturated rings. The highest BCUT2D eigenvalue weighted by atomic mass is 19.4. The van der Waals surface area contributed by atoms with E-state index in [4.69, 9.17) is 0 Å². The van der Waals surface area contributed by atoms with E-state index in [1.54, 1.807) is 0 Å². The number of benzene rings is 1. The number of hydrogen-bond donors (Lipinski definition) is 1. The minimum Gasteiger partial charge on any atom is -0.353 e. The summed E-state index contributed by atoms with van der Waals surface area (Å²) >= 11 is 0. The van der Waals surface area contributed by atoms with Gasteiger partial charge in [0.25, 0.3) is 0 Å². The molecule has 0 radical (unpaired) electrons. The smallest absolute Gasteiger partial charge is 0.353 e. The van der Waals surface area contributed by atoms with Crippen LogP contribution in [0.4, 0.5) is 13.2 Å². The molecule has 19 heavy (non-hydrogen) atoms. The van der Waals surface area contributed by atoms with Gasteiger partial charge in [0.15, 0.2) is 0 Å². The zero-order valence-corrected chi connectivity index (χ0v) is 10.6. The van der Waals surface area contributed by atoms with Crippen LogP contribution in [0.15, 0.2) is 24.3 Å². The van der Waals surface area contributed by atoms with Gasteiger partial charge in [-0.15, -0.1) is 0 Å². The molecule has 2 rings (SSSR count). The monoisotopic (exact) mass is 271 g/mol. The van der Waals surface area contributed by atoms with Crippen LogP contribution in [0.3, 0.4) is 0 Å². The average molecular weight is 271 g/mol. The van der Waals surface area contributed by atoms with Gasteiger partial charge in [-0.2, -0.15) is 13.2 Å². The van der Waals surface area contributed by atoms with Gasteiger partial charge >= 0.3 is 6.18 Å². The highest BCUT2D eigenvalue weighted by Crippen LogP contribution is 2.32. The van der Waals surface area contributed by atoms with E-state index >= 15 is 0 Å². The fourth-order valence-corrected chi connectivity index (χ4v) is 2.02. The Kier molecular flexibility index (Phi) is 3.83. The molecular formula is C14H16F3NO. The Morgan fingerprint density at radius 2 is 1.89 bits per heavy atom. The van der Waals surface area contributed by atoms with E-state index in [1.165, 1.54) is 12.1 Å². The van der Waals surface area contributed by atoms with Crippen molar-refractivity contribution < 1.29 is 18.0 Å². The maximum atomic E-state index is 12.4. The summed E-state index contributed by atoms with van der Waals surface area (Å²) in [5.41, 5.74) is -0.100. The van der Waals surface area contributed by atoms with Crippen LogP contribution >= 0.6 is 0 Å². The second-order valence-electron chi connectivity index (χ2n) is 5.07. The van der Waals surface area contributed by atoms with E-state index in [2.05, 4.69) is 5.32 Å². The van der Waals surface area contributed by atoms with Crippen molar-refractivity contribution >= 4 is 5.91 Å². The van der Waals surface area contributed by atoms with Gasteiger partial charge in [0.1, 0.15) is 0 Å². The van der Waals surface area contributed by atoms with Crippen molar-refractivity contribution in [3.8, 4) is 0 Å². The first-order valence-corrected chi connectivity index (χ1v) is 6.32. The Balaban J connectivity index is 1.90. The maximum absolute atomic E-state index is 12.4. The van der Waals surface area contributed by atoms with E-state index in [-0.39, 0.29) is 18.4 Å². The first-order chi connectivity index (χ1) is 8.86. The largest absolute Gasteiger partial charge is 0.416 e. The van der Waals surface area contributed by atoms with E-state index in [1.807, 2.05) is 6.92 Å². The van der Waals surface area contributed by atoms with Gasteiger partial charge in [-0.05, 0) is 43.4 Å². The number of halogens is 3. The van der Waals surface area contributed by atoms with Crippen LogP contribution in [-0.2, 0) is 17.4 Å². The number of amides is 1. The van der Waals surface area contributed by atoms with Gasteiger partial charge < -0.3 is 5.32 Å². The molecule has 1 unspecified atom stereocenters. The standard InChI is InChI=1S/C14H16F3NO/c1-9(11-4-5-11)18-13(19)8-10-2-6-12(7-3-10)14(15,16)17/h2-3,6-7,9,11H,4-5,8H2,1H3,(H,18,19). The van der Waals surface area contributed by atoms with E-state index in [9.17, 15) is 18.0 Å². The predicted molar refractivity (Wildman–Crippen MR) is 65.5 cm³/mol. The zero-order valence-electron chi connectivity index (χ0n) is 10.6. The number of alkyl halides is 3. The van der Waals surface area contributed by atoms with Crippen molar-refractivity contribution in [2.75, 3.05) is 0 Å². The Morgan fingerprint density at radius 3 is 2.37 bits per heavy atom. The second kappa shape index (κ2) is 5.23. The molecule has 5 heteroatoms. The van der Waals surface area contributed by atoms with E-state index in [0.717, 1.165) is 25.0 Å². The molecular weight excluding hydrogens is 255 g/mol.